The van der Waals surface area contributed by atoms with Gasteiger partial charge in [0.1, 0.15) is 0 Å². The Morgan fingerprint density at radius 1 is 1.91 bits per heavy atom. The van der Waals surface area contributed by atoms with Crippen LogP contribution in [0.1, 0.15) is 20.3 Å². The molecule has 64 valence electrons. The van der Waals surface area contributed by atoms with Crippen LogP contribution in [0.25, 0.3) is 5.53 Å². The van der Waals surface area contributed by atoms with Crippen LogP contribution in [0.3, 0.4) is 0 Å². The van der Waals surface area contributed by atoms with E-state index < -0.39 is 7.60 Å². The van der Waals surface area contributed by atoms with Gasteiger partial charge in [0.2, 0.25) is 0 Å². The molecule has 1 N–H and O–H groups in total. The van der Waals surface area contributed by atoms with Gasteiger partial charge in [-0.25, -0.2) is 4.57 Å². The molecule has 2 unspecified atom stereocenters. The number of nitrogens with zero attached hydrogens (tertiary/aromatic N) is 2. The highest BCUT2D eigenvalue weighted by molar-refractivity contribution is 7.68. The Morgan fingerprint density at radius 3 is 2.82 bits per heavy atom. The van der Waals surface area contributed by atoms with E-state index in [1.54, 1.807) is 6.92 Å². The van der Waals surface area contributed by atoms with Crippen LogP contribution in [0.15, 0.2) is 0 Å². The van der Waals surface area contributed by atoms with Gasteiger partial charge in [-0.3, -0.25) is 4.52 Å². The zero-order valence-electron chi connectivity index (χ0n) is 6.47. The van der Waals surface area contributed by atoms with Crippen LogP contribution in [0.5, 0.6) is 0 Å². The summed E-state index contributed by atoms with van der Waals surface area (Å²) in [4.78, 5) is 11.3. The maximum absolute atomic E-state index is 10.8. The van der Waals surface area contributed by atoms with Crippen molar-refractivity contribution in [3.63, 3.8) is 0 Å². The maximum atomic E-state index is 10.8. The topological polar surface area (TPSA) is 82.9 Å². The first kappa shape index (κ1) is 10.5. The fourth-order valence-corrected chi connectivity index (χ4v) is 1.27. The summed E-state index contributed by atoms with van der Waals surface area (Å²) in [6.45, 7) is 3.48. The minimum atomic E-state index is -3.81. The Bertz CT molecular complexity index is 212. The molecule has 0 saturated heterocycles. The van der Waals surface area contributed by atoms with Crippen molar-refractivity contribution in [1.29, 1.82) is 0 Å². The summed E-state index contributed by atoms with van der Waals surface area (Å²) in [6, 6.07) is 0. The van der Waals surface area contributed by atoms with Crippen LogP contribution in [-0.4, -0.2) is 21.7 Å². The monoisotopic (exact) mass is 178 g/mol. The average Bonchev–Trinajstić information content (AvgIpc) is 1.86. The van der Waals surface area contributed by atoms with Crippen molar-refractivity contribution in [3.8, 4) is 0 Å². The normalized spacial score (nSPS) is 18.1. The molecule has 6 heteroatoms. The third kappa shape index (κ3) is 4.87. The van der Waals surface area contributed by atoms with Crippen molar-refractivity contribution in [2.45, 2.75) is 26.4 Å². The molecule has 0 aromatic heterocycles. The molecular weight excluding hydrogens is 167 g/mol. The van der Waals surface area contributed by atoms with Crippen LogP contribution >= 0.6 is 7.60 Å². The summed E-state index contributed by atoms with van der Waals surface area (Å²) >= 11 is 0. The van der Waals surface area contributed by atoms with E-state index >= 15 is 0 Å². The van der Waals surface area contributed by atoms with Crippen molar-refractivity contribution in [1.82, 2.24) is 0 Å². The molecule has 0 bridgehead atoms. The lowest BCUT2D eigenvalue weighted by Crippen LogP contribution is -2.04. The van der Waals surface area contributed by atoms with Gasteiger partial charge in [0.15, 0.2) is 0 Å². The van der Waals surface area contributed by atoms with Gasteiger partial charge >= 0.3 is 13.6 Å². The van der Waals surface area contributed by atoms with Crippen LogP contribution in [0.2, 0.25) is 0 Å². The first-order valence-electron chi connectivity index (χ1n) is 3.21. The Labute approximate surface area is 65.2 Å². The van der Waals surface area contributed by atoms with E-state index in [2.05, 4.69) is 9.31 Å². The first-order valence-corrected chi connectivity index (χ1v) is 4.86. The molecule has 0 rings (SSSR count). The quantitative estimate of drug-likeness (QED) is 0.304. The van der Waals surface area contributed by atoms with Crippen molar-refractivity contribution in [2.75, 3.05) is 0 Å². The van der Waals surface area contributed by atoms with E-state index in [1.165, 1.54) is 0 Å². The van der Waals surface area contributed by atoms with E-state index in [-0.39, 0.29) is 6.10 Å². The molecule has 0 aliphatic carbocycles. The lowest BCUT2D eigenvalue weighted by molar-refractivity contribution is 0.00447. The summed E-state index contributed by atoms with van der Waals surface area (Å²) in [5.74, 6) is 0.499. The highest BCUT2D eigenvalue weighted by atomic mass is 31.2. The summed E-state index contributed by atoms with van der Waals surface area (Å²) in [5.41, 5.74) is 7.94. The van der Waals surface area contributed by atoms with Crippen molar-refractivity contribution >= 4 is 13.6 Å². The van der Waals surface area contributed by atoms with E-state index in [0.717, 1.165) is 0 Å². The molecule has 0 spiro atoms. The fraction of sp³-hybridized carbons (Fsp3) is 0.800. The van der Waals surface area contributed by atoms with E-state index in [9.17, 15) is 4.57 Å². The molecule has 0 amide bonds. The SMILES string of the molecule is CCC(C)OP(=O)(O)C=[N+]=[N-]. The molecule has 0 heterocycles. The third-order valence-electron chi connectivity index (χ3n) is 1.10. The molecule has 0 saturated carbocycles. The van der Waals surface area contributed by atoms with E-state index in [0.29, 0.717) is 12.4 Å². The fourth-order valence-electron chi connectivity index (χ4n) is 0.425. The van der Waals surface area contributed by atoms with Gasteiger partial charge in [-0.2, -0.15) is 4.79 Å². The molecule has 0 aliphatic rings. The van der Waals surface area contributed by atoms with Crippen LogP contribution in [0, 0.1) is 0 Å². The molecule has 0 aliphatic heterocycles. The molecule has 0 aromatic carbocycles. The Balaban J connectivity index is 4.12. The lowest BCUT2D eigenvalue weighted by Gasteiger charge is -2.09. The Morgan fingerprint density at radius 2 is 2.45 bits per heavy atom. The first-order chi connectivity index (χ1) is 5.02. The van der Waals surface area contributed by atoms with Crippen LogP contribution in [0.4, 0.5) is 0 Å². The molecular formula is C5H11N2O3P. The summed E-state index contributed by atoms with van der Waals surface area (Å²) in [6.07, 6.45) is 0.313. The predicted molar refractivity (Wildman–Crippen MR) is 40.3 cm³/mol. The van der Waals surface area contributed by atoms with Gasteiger partial charge in [-0.15, -0.1) is 0 Å². The van der Waals surface area contributed by atoms with Gasteiger partial charge in [0, 0.05) is 0 Å². The van der Waals surface area contributed by atoms with Crippen molar-refractivity contribution in [2.24, 2.45) is 0 Å². The molecule has 0 aromatic rings. The number of rotatable bonds is 4. The lowest BCUT2D eigenvalue weighted by atomic mass is 10.3. The van der Waals surface area contributed by atoms with Gasteiger partial charge in [-0.1, -0.05) is 6.92 Å². The zero-order valence-corrected chi connectivity index (χ0v) is 7.36. The largest absolute Gasteiger partial charge is 0.432 e. The second kappa shape index (κ2) is 4.42. The van der Waals surface area contributed by atoms with Crippen molar-refractivity contribution < 1.29 is 18.8 Å². The molecule has 2 atom stereocenters. The standard InChI is InChI=1S/C5H11N2O3P/c1-3-5(2)10-11(8,9)4-7-6/h4-5H,3H2,1-2H3,(H,8,9). The molecule has 11 heavy (non-hydrogen) atoms. The Kier molecular flexibility index (Phi) is 4.23. The molecule has 0 radical (unpaired) electrons. The maximum Gasteiger partial charge on any atom is 0.432 e. The van der Waals surface area contributed by atoms with Crippen LogP contribution in [-0.2, 0) is 9.09 Å². The van der Waals surface area contributed by atoms with Crippen LogP contribution < -0.4 is 0 Å². The van der Waals surface area contributed by atoms with E-state index in [4.69, 9.17) is 10.4 Å². The summed E-state index contributed by atoms with van der Waals surface area (Å²) in [7, 11) is -3.81. The molecule has 5 nitrogen and oxygen atoms in total. The van der Waals surface area contributed by atoms with Gasteiger partial charge in [-0.05, 0) is 13.3 Å². The van der Waals surface area contributed by atoms with Gasteiger partial charge in [0.25, 0.3) is 0 Å². The van der Waals surface area contributed by atoms with Gasteiger partial charge in [0.05, 0.1) is 6.10 Å². The zero-order chi connectivity index (χ0) is 8.91. The average molecular weight is 178 g/mol. The molecule has 0 fully saturated rings. The number of hydrogen-bond donors (Lipinski definition) is 1. The smallest absolute Gasteiger partial charge is 0.361 e. The minimum absolute atomic E-state index is 0.316. The second-order valence-corrected chi connectivity index (χ2v) is 3.69. The third-order valence-corrected chi connectivity index (χ3v) is 2.16. The van der Waals surface area contributed by atoms with E-state index in [1.807, 2.05) is 6.92 Å². The highest BCUT2D eigenvalue weighted by Crippen LogP contribution is 2.39. The van der Waals surface area contributed by atoms with Crippen molar-refractivity contribution in [3.05, 3.63) is 5.53 Å². The summed E-state index contributed by atoms with van der Waals surface area (Å²) in [5, 5.41) is 0. The van der Waals surface area contributed by atoms with Gasteiger partial charge < -0.3 is 10.4 Å². The Hall–Kier alpha value is -0.470. The second-order valence-electron chi connectivity index (χ2n) is 2.12. The summed E-state index contributed by atoms with van der Waals surface area (Å²) < 4.78 is 15.4. The minimum Gasteiger partial charge on any atom is -0.361 e. The number of hydrogen-bond acceptors (Lipinski definition) is 2. The highest BCUT2D eigenvalue weighted by Gasteiger charge is 2.24. The predicted octanol–water partition coefficient (Wildman–Crippen LogP) is 1.24.